The minimum absolute atomic E-state index is 0.262. The number of methoxy groups -OCH3 is 1. The highest BCUT2D eigenvalue weighted by Gasteiger charge is 2.42. The Balaban J connectivity index is 1.35. The largest absolute Gasteiger partial charge is 0.488 e. The molecular weight excluding hydrogens is 384 g/mol. The maximum absolute atomic E-state index is 11.8. The minimum atomic E-state index is -0.504. The number of carbonyl (C=O) groups excluding carboxylic acids is 1. The van der Waals surface area contributed by atoms with Gasteiger partial charge in [-0.15, -0.1) is 0 Å². The standard InChI is InChI=1S/C23H30N2O5/c1-14-20(15(2)30-24-14)7-8-25-12-17-10-21(26)22(11-18(17)13-25)29-19-6-4-5-16(9-19)23(27)28-3/h4-6,9,17-18,21-22,26H,7-8,10-13H2,1-3H3/t17-,18+,21+,22+/m0/s1. The maximum Gasteiger partial charge on any atom is 0.337 e. The molecule has 4 atom stereocenters. The van der Waals surface area contributed by atoms with E-state index < -0.39 is 12.1 Å². The van der Waals surface area contributed by atoms with Crippen molar-refractivity contribution in [1.82, 2.24) is 10.1 Å². The highest BCUT2D eigenvalue weighted by Crippen LogP contribution is 2.38. The van der Waals surface area contributed by atoms with Gasteiger partial charge >= 0.3 is 5.97 Å². The summed E-state index contributed by atoms with van der Waals surface area (Å²) in [6, 6.07) is 6.95. The number of benzene rings is 1. The number of hydrogen-bond donors (Lipinski definition) is 1. The zero-order valence-electron chi connectivity index (χ0n) is 17.8. The summed E-state index contributed by atoms with van der Waals surface area (Å²) in [5, 5.41) is 14.7. The molecule has 2 aliphatic rings. The molecule has 0 spiro atoms. The Bertz CT molecular complexity index is 876. The fourth-order valence-corrected chi connectivity index (χ4v) is 4.91. The molecule has 1 saturated heterocycles. The zero-order valence-corrected chi connectivity index (χ0v) is 17.8. The van der Waals surface area contributed by atoms with Crippen LogP contribution in [0, 0.1) is 25.7 Å². The number of rotatable bonds is 6. The number of esters is 1. The first-order chi connectivity index (χ1) is 14.4. The van der Waals surface area contributed by atoms with E-state index >= 15 is 0 Å². The van der Waals surface area contributed by atoms with E-state index in [2.05, 4.69) is 10.1 Å². The van der Waals surface area contributed by atoms with Crippen LogP contribution < -0.4 is 4.74 Å². The van der Waals surface area contributed by atoms with E-state index in [-0.39, 0.29) is 6.10 Å². The smallest absolute Gasteiger partial charge is 0.337 e. The lowest BCUT2D eigenvalue weighted by Gasteiger charge is -2.35. The second-order valence-electron chi connectivity index (χ2n) is 8.55. The summed E-state index contributed by atoms with van der Waals surface area (Å²) in [6.45, 7) is 6.95. The van der Waals surface area contributed by atoms with E-state index in [1.165, 1.54) is 12.7 Å². The number of nitrogens with zero attached hydrogens (tertiary/aromatic N) is 2. The van der Waals surface area contributed by atoms with Gasteiger partial charge in [0, 0.05) is 25.2 Å². The van der Waals surface area contributed by atoms with Crippen LogP contribution in [0.5, 0.6) is 5.75 Å². The van der Waals surface area contributed by atoms with Crippen LogP contribution in [0.3, 0.4) is 0 Å². The average Bonchev–Trinajstić information content (AvgIpc) is 3.28. The highest BCUT2D eigenvalue weighted by atomic mass is 16.5. The van der Waals surface area contributed by atoms with Gasteiger partial charge in [-0.2, -0.15) is 0 Å². The summed E-state index contributed by atoms with van der Waals surface area (Å²) in [7, 11) is 1.36. The molecule has 1 aliphatic heterocycles. The van der Waals surface area contributed by atoms with E-state index in [4.69, 9.17) is 14.0 Å². The van der Waals surface area contributed by atoms with Crippen LogP contribution in [0.2, 0.25) is 0 Å². The van der Waals surface area contributed by atoms with Gasteiger partial charge in [0.15, 0.2) is 0 Å². The van der Waals surface area contributed by atoms with Crippen LogP contribution >= 0.6 is 0 Å². The SMILES string of the molecule is COC(=O)c1cccc(O[C@@H]2C[C@@H]3CN(CCc4c(C)noc4C)C[C@@H]3C[C@H]2O)c1. The van der Waals surface area contributed by atoms with Crippen molar-refractivity contribution in [3.05, 3.63) is 46.8 Å². The number of carbonyl (C=O) groups is 1. The van der Waals surface area contributed by atoms with Crippen molar-refractivity contribution in [3.8, 4) is 5.75 Å². The van der Waals surface area contributed by atoms with Gasteiger partial charge in [0.05, 0.1) is 24.5 Å². The van der Waals surface area contributed by atoms with Gasteiger partial charge in [-0.05, 0) is 63.1 Å². The first kappa shape index (κ1) is 20.9. The van der Waals surface area contributed by atoms with Crippen molar-refractivity contribution >= 4 is 5.97 Å². The molecule has 7 heteroatoms. The number of aromatic nitrogens is 1. The lowest BCUT2D eigenvalue weighted by molar-refractivity contribution is -0.0231. The molecule has 0 amide bonds. The molecule has 1 aromatic carbocycles. The number of aliphatic hydroxyl groups is 1. The second kappa shape index (κ2) is 8.78. The molecule has 7 nitrogen and oxygen atoms in total. The predicted octanol–water partition coefficient (Wildman–Crippen LogP) is 2.77. The molecule has 4 rings (SSSR count). The van der Waals surface area contributed by atoms with E-state index in [1.54, 1.807) is 18.2 Å². The van der Waals surface area contributed by atoms with Crippen molar-refractivity contribution in [2.45, 2.75) is 45.3 Å². The molecule has 1 N–H and O–H groups in total. The van der Waals surface area contributed by atoms with Crippen LogP contribution in [-0.4, -0.2) is 60.1 Å². The molecule has 0 unspecified atom stereocenters. The molecule has 1 saturated carbocycles. The highest BCUT2D eigenvalue weighted by molar-refractivity contribution is 5.89. The monoisotopic (exact) mass is 414 g/mol. The molecule has 30 heavy (non-hydrogen) atoms. The van der Waals surface area contributed by atoms with Crippen LogP contribution in [0.25, 0.3) is 0 Å². The Morgan fingerprint density at radius 3 is 2.73 bits per heavy atom. The Hall–Kier alpha value is -2.38. The van der Waals surface area contributed by atoms with Gasteiger partial charge in [0.25, 0.3) is 0 Å². The van der Waals surface area contributed by atoms with Gasteiger partial charge in [-0.25, -0.2) is 4.79 Å². The number of likely N-dealkylation sites (tertiary alicyclic amines) is 1. The molecule has 1 aromatic heterocycles. The molecule has 0 radical (unpaired) electrons. The third-order valence-electron chi connectivity index (χ3n) is 6.56. The fraction of sp³-hybridized carbons (Fsp3) is 0.565. The molecule has 1 aliphatic carbocycles. The van der Waals surface area contributed by atoms with Crippen molar-refractivity contribution < 1.29 is 23.9 Å². The first-order valence-electron chi connectivity index (χ1n) is 10.6. The zero-order chi connectivity index (χ0) is 21.3. The molecule has 162 valence electrons. The Labute approximate surface area is 176 Å². The molecule has 2 aromatic rings. The summed E-state index contributed by atoms with van der Waals surface area (Å²) in [6.07, 6.45) is 1.73. The lowest BCUT2D eigenvalue weighted by atomic mass is 9.78. The summed E-state index contributed by atoms with van der Waals surface area (Å²) in [5.41, 5.74) is 2.63. The summed E-state index contributed by atoms with van der Waals surface area (Å²) in [4.78, 5) is 14.2. The van der Waals surface area contributed by atoms with E-state index in [1.807, 2.05) is 19.9 Å². The van der Waals surface area contributed by atoms with E-state index in [9.17, 15) is 9.90 Å². The number of aliphatic hydroxyl groups excluding tert-OH is 1. The third kappa shape index (κ3) is 4.37. The Kier molecular flexibility index (Phi) is 6.11. The summed E-state index contributed by atoms with van der Waals surface area (Å²) in [5.74, 6) is 2.10. The Morgan fingerprint density at radius 2 is 2.03 bits per heavy atom. The van der Waals surface area contributed by atoms with E-state index in [0.717, 1.165) is 50.4 Å². The number of fused-ring (bicyclic) bond motifs is 1. The van der Waals surface area contributed by atoms with Crippen molar-refractivity contribution in [2.75, 3.05) is 26.7 Å². The third-order valence-corrected chi connectivity index (χ3v) is 6.56. The molecule has 0 bridgehead atoms. The topological polar surface area (TPSA) is 85.0 Å². The van der Waals surface area contributed by atoms with Gasteiger partial charge in [-0.3, -0.25) is 0 Å². The van der Waals surface area contributed by atoms with Gasteiger partial charge in [0.2, 0.25) is 0 Å². The lowest BCUT2D eigenvalue weighted by Crippen LogP contribution is -2.42. The molecular formula is C23H30N2O5. The fourth-order valence-electron chi connectivity index (χ4n) is 4.91. The van der Waals surface area contributed by atoms with Crippen molar-refractivity contribution in [2.24, 2.45) is 11.8 Å². The number of hydrogen-bond acceptors (Lipinski definition) is 7. The van der Waals surface area contributed by atoms with Gasteiger partial charge in [-0.1, -0.05) is 11.2 Å². The quantitative estimate of drug-likeness (QED) is 0.728. The van der Waals surface area contributed by atoms with Crippen LogP contribution in [0.1, 0.15) is 40.2 Å². The maximum atomic E-state index is 11.8. The van der Waals surface area contributed by atoms with Crippen LogP contribution in [0.4, 0.5) is 0 Å². The number of ether oxygens (including phenoxy) is 2. The predicted molar refractivity (Wildman–Crippen MR) is 111 cm³/mol. The minimum Gasteiger partial charge on any atom is -0.488 e. The molecule has 2 heterocycles. The summed E-state index contributed by atoms with van der Waals surface area (Å²) >= 11 is 0. The molecule has 2 fully saturated rings. The van der Waals surface area contributed by atoms with Gasteiger partial charge < -0.3 is 24.0 Å². The van der Waals surface area contributed by atoms with Crippen LogP contribution in [0.15, 0.2) is 28.8 Å². The normalized spacial score (nSPS) is 26.4. The Morgan fingerprint density at radius 1 is 1.27 bits per heavy atom. The van der Waals surface area contributed by atoms with Gasteiger partial charge in [0.1, 0.15) is 17.6 Å². The van der Waals surface area contributed by atoms with E-state index in [0.29, 0.717) is 23.1 Å². The average molecular weight is 415 g/mol. The van der Waals surface area contributed by atoms with Crippen molar-refractivity contribution in [3.63, 3.8) is 0 Å². The summed E-state index contributed by atoms with van der Waals surface area (Å²) < 4.78 is 16.1. The second-order valence-corrected chi connectivity index (χ2v) is 8.55. The first-order valence-corrected chi connectivity index (χ1v) is 10.6. The van der Waals surface area contributed by atoms with Crippen molar-refractivity contribution in [1.29, 1.82) is 0 Å². The number of aryl methyl sites for hydroxylation is 2. The van der Waals surface area contributed by atoms with Crippen LogP contribution in [-0.2, 0) is 11.2 Å².